The van der Waals surface area contributed by atoms with E-state index in [0.29, 0.717) is 6.04 Å². The van der Waals surface area contributed by atoms with Gasteiger partial charge < -0.3 is 10.1 Å². The van der Waals surface area contributed by atoms with Crippen molar-refractivity contribution in [3.8, 4) is 0 Å². The van der Waals surface area contributed by atoms with E-state index < -0.39 is 0 Å². The molecule has 0 saturated heterocycles. The molecule has 0 aliphatic rings. The van der Waals surface area contributed by atoms with Crippen molar-refractivity contribution in [2.45, 2.75) is 26.3 Å². The molecule has 1 aromatic heterocycles. The minimum atomic E-state index is -0.258. The number of ether oxygens (including phenoxy) is 1. The van der Waals surface area contributed by atoms with Crippen molar-refractivity contribution in [1.82, 2.24) is 4.98 Å². The summed E-state index contributed by atoms with van der Waals surface area (Å²) in [5.41, 5.74) is 0.755. The molecule has 0 aliphatic heterocycles. The lowest BCUT2D eigenvalue weighted by atomic mass is 10.3. The Morgan fingerprint density at radius 2 is 2.43 bits per heavy atom. The Hall–Kier alpha value is -1.10. The minimum absolute atomic E-state index is 0.243. The van der Waals surface area contributed by atoms with Crippen molar-refractivity contribution in [2.75, 3.05) is 12.4 Å². The summed E-state index contributed by atoms with van der Waals surface area (Å²) in [4.78, 5) is 15.2. The summed E-state index contributed by atoms with van der Waals surface area (Å²) in [6.07, 6.45) is 0.243. The van der Waals surface area contributed by atoms with Crippen LogP contribution in [0.1, 0.15) is 19.5 Å². The van der Waals surface area contributed by atoms with Crippen LogP contribution in [0.2, 0.25) is 0 Å². The fourth-order valence-electron chi connectivity index (χ4n) is 0.921. The molecule has 78 valence electrons. The zero-order valence-corrected chi connectivity index (χ0v) is 9.35. The van der Waals surface area contributed by atoms with Gasteiger partial charge in [-0.05, 0) is 13.8 Å². The molecule has 0 amide bonds. The number of aromatic nitrogens is 1. The van der Waals surface area contributed by atoms with Gasteiger partial charge in [0.2, 0.25) is 0 Å². The Morgan fingerprint density at radius 1 is 1.71 bits per heavy atom. The molecular formula is C9H14N2O2S. The van der Waals surface area contributed by atoms with Gasteiger partial charge in [-0.25, -0.2) is 4.98 Å². The molecule has 0 atom stereocenters. The van der Waals surface area contributed by atoms with E-state index in [0.717, 1.165) is 10.8 Å². The molecule has 0 saturated carbocycles. The first-order valence-electron chi connectivity index (χ1n) is 4.39. The van der Waals surface area contributed by atoms with Crippen LogP contribution in [0.4, 0.5) is 5.13 Å². The van der Waals surface area contributed by atoms with Gasteiger partial charge in [0, 0.05) is 11.4 Å². The molecule has 1 N–H and O–H groups in total. The summed E-state index contributed by atoms with van der Waals surface area (Å²) in [6.45, 7) is 4.09. The number of anilines is 1. The van der Waals surface area contributed by atoms with Crippen molar-refractivity contribution >= 4 is 22.4 Å². The summed E-state index contributed by atoms with van der Waals surface area (Å²) in [5.74, 6) is -0.258. The number of hydrogen-bond donors (Lipinski definition) is 1. The van der Waals surface area contributed by atoms with Crippen LogP contribution in [-0.2, 0) is 16.0 Å². The summed E-state index contributed by atoms with van der Waals surface area (Å²) < 4.78 is 4.55. The van der Waals surface area contributed by atoms with E-state index >= 15 is 0 Å². The van der Waals surface area contributed by atoms with Gasteiger partial charge in [-0.1, -0.05) is 0 Å². The fraction of sp³-hybridized carbons (Fsp3) is 0.556. The maximum Gasteiger partial charge on any atom is 0.311 e. The van der Waals surface area contributed by atoms with Gasteiger partial charge in [-0.2, -0.15) is 0 Å². The molecule has 0 radical (unpaired) electrons. The van der Waals surface area contributed by atoms with Crippen LogP contribution in [-0.4, -0.2) is 24.1 Å². The van der Waals surface area contributed by atoms with Crippen molar-refractivity contribution in [1.29, 1.82) is 0 Å². The van der Waals surface area contributed by atoms with E-state index in [1.54, 1.807) is 0 Å². The summed E-state index contributed by atoms with van der Waals surface area (Å²) in [7, 11) is 1.38. The molecule has 1 rings (SSSR count). The van der Waals surface area contributed by atoms with Gasteiger partial charge in [0.1, 0.15) is 0 Å². The number of nitrogens with zero attached hydrogens (tertiary/aromatic N) is 1. The molecule has 0 spiro atoms. The second-order valence-electron chi connectivity index (χ2n) is 3.20. The topological polar surface area (TPSA) is 51.2 Å². The highest BCUT2D eigenvalue weighted by molar-refractivity contribution is 7.13. The number of methoxy groups -OCH3 is 1. The molecule has 4 nitrogen and oxygen atoms in total. The molecule has 0 unspecified atom stereocenters. The Kier molecular flexibility index (Phi) is 3.88. The summed E-state index contributed by atoms with van der Waals surface area (Å²) >= 11 is 1.50. The number of hydrogen-bond acceptors (Lipinski definition) is 5. The van der Waals surface area contributed by atoms with Crippen LogP contribution >= 0.6 is 11.3 Å². The normalized spacial score (nSPS) is 10.3. The van der Waals surface area contributed by atoms with Gasteiger partial charge in [0.15, 0.2) is 5.13 Å². The third-order valence-corrected chi connectivity index (χ3v) is 2.34. The number of nitrogens with one attached hydrogen (secondary N) is 1. The van der Waals surface area contributed by atoms with E-state index in [2.05, 4.69) is 15.0 Å². The van der Waals surface area contributed by atoms with Crippen molar-refractivity contribution in [3.63, 3.8) is 0 Å². The molecule has 0 fully saturated rings. The monoisotopic (exact) mass is 214 g/mol. The average molecular weight is 214 g/mol. The van der Waals surface area contributed by atoms with Crippen LogP contribution in [0.25, 0.3) is 0 Å². The van der Waals surface area contributed by atoms with E-state index in [1.165, 1.54) is 18.4 Å². The van der Waals surface area contributed by atoms with Crippen LogP contribution < -0.4 is 5.32 Å². The fourth-order valence-corrected chi connectivity index (χ4v) is 1.78. The Morgan fingerprint density at radius 3 is 3.00 bits per heavy atom. The molecule has 1 heterocycles. The zero-order chi connectivity index (χ0) is 10.6. The molecule has 0 bridgehead atoms. The highest BCUT2D eigenvalue weighted by atomic mass is 32.1. The van der Waals surface area contributed by atoms with Gasteiger partial charge in [0.05, 0.1) is 19.2 Å². The van der Waals surface area contributed by atoms with Crippen LogP contribution in [0.15, 0.2) is 5.38 Å². The maximum atomic E-state index is 10.9. The SMILES string of the molecule is COC(=O)Cc1csc(NC(C)C)n1. The highest BCUT2D eigenvalue weighted by Gasteiger charge is 2.07. The smallest absolute Gasteiger partial charge is 0.311 e. The first kappa shape index (κ1) is 11.0. The lowest BCUT2D eigenvalue weighted by Crippen LogP contribution is -2.10. The lowest BCUT2D eigenvalue weighted by Gasteiger charge is -2.04. The van der Waals surface area contributed by atoms with Crippen molar-refractivity contribution < 1.29 is 9.53 Å². The standard InChI is InChI=1S/C9H14N2O2S/c1-6(2)10-9-11-7(5-14-9)4-8(12)13-3/h5-6H,4H2,1-3H3,(H,10,11). The molecule has 1 aromatic rings. The third kappa shape index (κ3) is 3.33. The lowest BCUT2D eigenvalue weighted by molar-refractivity contribution is -0.139. The van der Waals surface area contributed by atoms with Gasteiger partial charge in [0.25, 0.3) is 0 Å². The first-order chi connectivity index (χ1) is 6.61. The van der Waals surface area contributed by atoms with Gasteiger partial charge >= 0.3 is 5.97 Å². The van der Waals surface area contributed by atoms with Gasteiger partial charge in [-0.3, -0.25) is 4.79 Å². The molecular weight excluding hydrogens is 200 g/mol. The van der Waals surface area contributed by atoms with E-state index in [-0.39, 0.29) is 12.4 Å². The van der Waals surface area contributed by atoms with E-state index in [9.17, 15) is 4.79 Å². The molecule has 0 aliphatic carbocycles. The number of rotatable bonds is 4. The number of carbonyl (C=O) groups is 1. The van der Waals surface area contributed by atoms with Crippen LogP contribution in [0.3, 0.4) is 0 Å². The van der Waals surface area contributed by atoms with Crippen molar-refractivity contribution in [2.24, 2.45) is 0 Å². The molecule has 5 heteroatoms. The largest absolute Gasteiger partial charge is 0.469 e. The van der Waals surface area contributed by atoms with Crippen LogP contribution in [0, 0.1) is 0 Å². The quantitative estimate of drug-likeness (QED) is 0.775. The predicted molar refractivity (Wildman–Crippen MR) is 56.6 cm³/mol. The Labute approximate surface area is 87.3 Å². The maximum absolute atomic E-state index is 10.9. The number of esters is 1. The zero-order valence-electron chi connectivity index (χ0n) is 8.53. The summed E-state index contributed by atoms with van der Waals surface area (Å²) in [6, 6.07) is 0.354. The number of thiazole rings is 1. The molecule has 14 heavy (non-hydrogen) atoms. The number of carbonyl (C=O) groups excluding carboxylic acids is 1. The minimum Gasteiger partial charge on any atom is -0.469 e. The Balaban J connectivity index is 2.55. The van der Waals surface area contributed by atoms with Gasteiger partial charge in [-0.15, -0.1) is 11.3 Å². The predicted octanol–water partition coefficient (Wildman–Crippen LogP) is 1.68. The average Bonchev–Trinajstić information content (AvgIpc) is 2.51. The Bertz CT molecular complexity index is 310. The first-order valence-corrected chi connectivity index (χ1v) is 5.27. The third-order valence-electron chi connectivity index (χ3n) is 1.52. The second-order valence-corrected chi connectivity index (χ2v) is 4.05. The molecule has 0 aromatic carbocycles. The van der Waals surface area contributed by atoms with E-state index in [1.807, 2.05) is 19.2 Å². The second kappa shape index (κ2) is 4.95. The van der Waals surface area contributed by atoms with E-state index in [4.69, 9.17) is 0 Å². The van der Waals surface area contributed by atoms with Crippen LogP contribution in [0.5, 0.6) is 0 Å². The van der Waals surface area contributed by atoms with Crippen molar-refractivity contribution in [3.05, 3.63) is 11.1 Å². The highest BCUT2D eigenvalue weighted by Crippen LogP contribution is 2.16. The summed E-state index contributed by atoms with van der Waals surface area (Å²) in [5, 5.41) is 5.88.